The maximum atomic E-state index is 6.24. The Morgan fingerprint density at radius 3 is 2.71 bits per heavy atom. The van der Waals surface area contributed by atoms with Crippen molar-refractivity contribution in [3.63, 3.8) is 0 Å². The number of likely N-dealkylation sites (N-methyl/N-ethyl adjacent to an activating group) is 1. The summed E-state index contributed by atoms with van der Waals surface area (Å²) in [5, 5.41) is 3.59. The molecule has 0 spiro atoms. The molecule has 21 heavy (non-hydrogen) atoms. The van der Waals surface area contributed by atoms with Gasteiger partial charge in [0.15, 0.2) is 0 Å². The van der Waals surface area contributed by atoms with Gasteiger partial charge in [0.2, 0.25) is 0 Å². The quantitative estimate of drug-likeness (QED) is 0.908. The third kappa shape index (κ3) is 3.60. The topological polar surface area (TPSA) is 21.3 Å². The number of thioether (sulfide) groups is 1. The maximum absolute atomic E-state index is 6.24. The molecule has 2 aromatic carbocycles. The predicted molar refractivity (Wildman–Crippen MR) is 89.2 cm³/mol. The lowest BCUT2D eigenvalue weighted by molar-refractivity contribution is 0.166. The minimum atomic E-state index is 0.213. The van der Waals surface area contributed by atoms with Crippen LogP contribution in [0, 0.1) is 0 Å². The highest BCUT2D eigenvalue weighted by molar-refractivity contribution is 7.99. The first-order chi connectivity index (χ1) is 10.4. The van der Waals surface area contributed by atoms with Crippen LogP contribution < -0.4 is 10.1 Å². The molecule has 0 aliphatic carbocycles. The summed E-state index contributed by atoms with van der Waals surface area (Å²) in [5.41, 5.74) is 1.36. The normalized spacial score (nSPS) is 18.6. The van der Waals surface area contributed by atoms with Gasteiger partial charge >= 0.3 is 0 Å². The molecule has 2 atom stereocenters. The molecule has 2 unspecified atom stereocenters. The monoisotopic (exact) mass is 299 g/mol. The minimum Gasteiger partial charge on any atom is -0.487 e. The number of benzene rings is 2. The lowest BCUT2D eigenvalue weighted by Crippen LogP contribution is -2.47. The standard InChI is InChI=1S/C18H21NOS/c1-2-19-15(12-14-8-4-3-5-9-14)17-13-21-18-11-7-6-10-16(18)20-17/h3-11,15,17,19H,2,12-13H2,1H3. The summed E-state index contributed by atoms with van der Waals surface area (Å²) in [7, 11) is 0. The van der Waals surface area contributed by atoms with Crippen molar-refractivity contribution in [3.05, 3.63) is 60.2 Å². The fourth-order valence-electron chi connectivity index (χ4n) is 2.70. The molecule has 1 aliphatic heterocycles. The Balaban J connectivity index is 1.73. The van der Waals surface area contributed by atoms with Crippen molar-refractivity contribution in [1.29, 1.82) is 0 Å². The molecule has 0 aromatic heterocycles. The van der Waals surface area contributed by atoms with E-state index < -0.39 is 0 Å². The second-order valence-electron chi connectivity index (χ2n) is 5.27. The summed E-state index contributed by atoms with van der Waals surface area (Å²) in [6.07, 6.45) is 1.22. The summed E-state index contributed by atoms with van der Waals surface area (Å²) < 4.78 is 6.24. The molecule has 110 valence electrons. The first-order valence-electron chi connectivity index (χ1n) is 7.52. The summed E-state index contributed by atoms with van der Waals surface area (Å²) in [4.78, 5) is 1.25. The molecule has 0 radical (unpaired) electrons. The second-order valence-corrected chi connectivity index (χ2v) is 6.33. The van der Waals surface area contributed by atoms with Crippen molar-refractivity contribution in [2.24, 2.45) is 0 Å². The zero-order valence-electron chi connectivity index (χ0n) is 12.3. The van der Waals surface area contributed by atoms with E-state index in [1.54, 1.807) is 0 Å². The van der Waals surface area contributed by atoms with Crippen molar-refractivity contribution in [3.8, 4) is 5.75 Å². The van der Waals surface area contributed by atoms with Crippen LogP contribution in [0.4, 0.5) is 0 Å². The number of ether oxygens (including phenoxy) is 1. The Hall–Kier alpha value is -1.45. The van der Waals surface area contributed by atoms with Gasteiger partial charge in [-0.25, -0.2) is 0 Å². The third-order valence-electron chi connectivity index (χ3n) is 3.74. The zero-order chi connectivity index (χ0) is 14.5. The van der Waals surface area contributed by atoms with Gasteiger partial charge in [0.25, 0.3) is 0 Å². The molecule has 3 heteroatoms. The van der Waals surface area contributed by atoms with Crippen molar-refractivity contribution in [1.82, 2.24) is 5.32 Å². The summed E-state index contributed by atoms with van der Waals surface area (Å²) in [6.45, 7) is 3.12. The first kappa shape index (κ1) is 14.5. The van der Waals surface area contributed by atoms with E-state index in [1.165, 1.54) is 10.5 Å². The highest BCUT2D eigenvalue weighted by atomic mass is 32.2. The molecule has 1 N–H and O–H groups in total. The molecule has 1 aliphatic rings. The smallest absolute Gasteiger partial charge is 0.133 e. The van der Waals surface area contributed by atoms with Gasteiger partial charge in [-0.2, -0.15) is 0 Å². The first-order valence-corrected chi connectivity index (χ1v) is 8.51. The molecule has 3 rings (SSSR count). The fourth-order valence-corrected chi connectivity index (χ4v) is 3.78. The average Bonchev–Trinajstić information content (AvgIpc) is 2.55. The molecular formula is C18H21NOS. The van der Waals surface area contributed by atoms with Crippen LogP contribution in [0.5, 0.6) is 5.75 Å². The number of nitrogens with one attached hydrogen (secondary N) is 1. The van der Waals surface area contributed by atoms with Crippen LogP contribution >= 0.6 is 11.8 Å². The van der Waals surface area contributed by atoms with Gasteiger partial charge in [-0.05, 0) is 30.7 Å². The molecule has 0 saturated heterocycles. The van der Waals surface area contributed by atoms with E-state index in [9.17, 15) is 0 Å². The lowest BCUT2D eigenvalue weighted by Gasteiger charge is -2.32. The lowest BCUT2D eigenvalue weighted by atomic mass is 10.0. The van der Waals surface area contributed by atoms with Crippen molar-refractivity contribution in [2.45, 2.75) is 30.4 Å². The van der Waals surface area contributed by atoms with Gasteiger partial charge in [-0.3, -0.25) is 0 Å². The highest BCUT2D eigenvalue weighted by Crippen LogP contribution is 2.36. The zero-order valence-corrected chi connectivity index (χ0v) is 13.1. The van der Waals surface area contributed by atoms with E-state index in [4.69, 9.17) is 4.74 Å². The van der Waals surface area contributed by atoms with Gasteiger partial charge in [0, 0.05) is 16.7 Å². The highest BCUT2D eigenvalue weighted by Gasteiger charge is 2.27. The summed E-state index contributed by atoms with van der Waals surface area (Å²) >= 11 is 1.90. The Labute approximate surface area is 130 Å². The van der Waals surface area contributed by atoms with Crippen molar-refractivity contribution < 1.29 is 4.74 Å². The number of rotatable bonds is 5. The van der Waals surface area contributed by atoms with Crippen molar-refractivity contribution >= 4 is 11.8 Å². The van der Waals surface area contributed by atoms with Crippen LogP contribution in [0.1, 0.15) is 12.5 Å². The molecule has 1 heterocycles. The molecule has 2 nitrogen and oxygen atoms in total. The predicted octanol–water partition coefficient (Wildman–Crippen LogP) is 3.76. The Bertz CT molecular complexity index is 572. The van der Waals surface area contributed by atoms with Crippen LogP contribution in [0.2, 0.25) is 0 Å². The second kappa shape index (κ2) is 7.01. The Morgan fingerprint density at radius 2 is 1.90 bits per heavy atom. The molecule has 0 saturated carbocycles. The largest absolute Gasteiger partial charge is 0.487 e. The van der Waals surface area contributed by atoms with Gasteiger partial charge in [0.05, 0.1) is 0 Å². The number of hydrogen-bond acceptors (Lipinski definition) is 3. The number of hydrogen-bond donors (Lipinski definition) is 1. The van der Waals surface area contributed by atoms with E-state index in [0.29, 0.717) is 6.04 Å². The molecule has 0 amide bonds. The Morgan fingerprint density at radius 1 is 1.14 bits per heavy atom. The van der Waals surface area contributed by atoms with Crippen LogP contribution in [0.3, 0.4) is 0 Å². The van der Waals surface area contributed by atoms with E-state index in [2.05, 4.69) is 60.8 Å². The molecular weight excluding hydrogens is 278 g/mol. The molecule has 0 bridgehead atoms. The summed E-state index contributed by atoms with van der Waals surface area (Å²) in [6, 6.07) is 19.3. The van der Waals surface area contributed by atoms with E-state index >= 15 is 0 Å². The van der Waals surface area contributed by atoms with Gasteiger partial charge in [0.1, 0.15) is 11.9 Å². The van der Waals surface area contributed by atoms with E-state index in [-0.39, 0.29) is 6.10 Å². The van der Waals surface area contributed by atoms with Crippen LogP contribution in [0.15, 0.2) is 59.5 Å². The third-order valence-corrected chi connectivity index (χ3v) is 4.89. The van der Waals surface area contributed by atoms with Gasteiger partial charge < -0.3 is 10.1 Å². The summed E-state index contributed by atoms with van der Waals surface area (Å²) in [5.74, 6) is 2.02. The van der Waals surface area contributed by atoms with Gasteiger partial charge in [-0.15, -0.1) is 11.8 Å². The SMILES string of the molecule is CCNC(Cc1ccccc1)C1CSc2ccccc2O1. The van der Waals surface area contributed by atoms with E-state index in [0.717, 1.165) is 24.5 Å². The number of para-hydroxylation sites is 1. The maximum Gasteiger partial charge on any atom is 0.133 e. The fraction of sp³-hybridized carbons (Fsp3) is 0.333. The van der Waals surface area contributed by atoms with Gasteiger partial charge in [-0.1, -0.05) is 49.4 Å². The van der Waals surface area contributed by atoms with Crippen LogP contribution in [-0.4, -0.2) is 24.4 Å². The Kier molecular flexibility index (Phi) is 4.84. The average molecular weight is 299 g/mol. The van der Waals surface area contributed by atoms with E-state index in [1.807, 2.05) is 17.8 Å². The minimum absolute atomic E-state index is 0.213. The van der Waals surface area contributed by atoms with Crippen LogP contribution in [0.25, 0.3) is 0 Å². The molecule has 0 fully saturated rings. The van der Waals surface area contributed by atoms with Crippen molar-refractivity contribution in [2.75, 3.05) is 12.3 Å². The molecule has 2 aromatic rings. The van der Waals surface area contributed by atoms with Crippen LogP contribution in [-0.2, 0) is 6.42 Å². The number of fused-ring (bicyclic) bond motifs is 1.